The number of nitrogens with zero attached hydrogens (tertiary/aromatic N) is 2. The number of aliphatic hydroxyl groups excluding tert-OH is 1. The minimum absolute atomic E-state index is 0.386. The maximum atomic E-state index is 10.0. The Morgan fingerprint density at radius 3 is 3.05 bits per heavy atom. The Bertz CT molecular complexity index is 345. The molecule has 1 saturated heterocycles. The molecule has 1 atom stereocenters. The molecule has 1 aromatic rings. The molecule has 0 radical (unpaired) electrons. The van der Waals surface area contributed by atoms with E-state index in [1.807, 2.05) is 11.4 Å². The summed E-state index contributed by atoms with van der Waals surface area (Å²) in [5.41, 5.74) is 0. The normalized spacial score (nSPS) is 20.3. The van der Waals surface area contributed by atoms with Gasteiger partial charge in [-0.3, -0.25) is 4.90 Å². The molecule has 0 unspecified atom stereocenters. The van der Waals surface area contributed by atoms with Crippen LogP contribution in [0.25, 0.3) is 0 Å². The summed E-state index contributed by atoms with van der Waals surface area (Å²) in [6, 6.07) is 4.08. The van der Waals surface area contributed by atoms with Gasteiger partial charge < -0.3 is 14.7 Å². The molecule has 2 rings (SSSR count). The van der Waals surface area contributed by atoms with Crippen LogP contribution in [-0.2, 0) is 11.3 Å². The highest BCUT2D eigenvalue weighted by Crippen LogP contribution is 2.10. The van der Waals surface area contributed by atoms with Gasteiger partial charge in [0.25, 0.3) is 0 Å². The van der Waals surface area contributed by atoms with Crippen molar-refractivity contribution >= 4 is 11.3 Å². The van der Waals surface area contributed by atoms with E-state index in [1.54, 1.807) is 11.3 Å². The highest BCUT2D eigenvalue weighted by molar-refractivity contribution is 7.09. The van der Waals surface area contributed by atoms with Crippen LogP contribution < -0.4 is 0 Å². The minimum atomic E-state index is -0.386. The van der Waals surface area contributed by atoms with E-state index in [9.17, 15) is 5.11 Å². The van der Waals surface area contributed by atoms with Crippen molar-refractivity contribution in [3.63, 3.8) is 0 Å². The molecule has 19 heavy (non-hydrogen) atoms. The van der Waals surface area contributed by atoms with Crippen LogP contribution in [-0.4, -0.2) is 67.4 Å². The molecular weight excluding hydrogens is 260 g/mol. The van der Waals surface area contributed by atoms with Crippen molar-refractivity contribution in [3.8, 4) is 0 Å². The third kappa shape index (κ3) is 5.58. The summed E-state index contributed by atoms with van der Waals surface area (Å²) in [6.07, 6.45) is 0.794. The van der Waals surface area contributed by atoms with Crippen LogP contribution in [0.3, 0.4) is 0 Å². The first-order valence-corrected chi connectivity index (χ1v) is 7.81. The molecule has 5 heteroatoms. The maximum absolute atomic E-state index is 10.0. The molecule has 1 N–H and O–H groups in total. The number of hydrogen-bond acceptors (Lipinski definition) is 5. The SMILES string of the molecule is CN1CCCN(C[C@@H](O)COCc2cccs2)CC1. The molecule has 0 aliphatic carbocycles. The molecule has 0 aromatic carbocycles. The van der Waals surface area contributed by atoms with Crippen molar-refractivity contribution in [2.45, 2.75) is 19.1 Å². The number of β-amino-alcohol motifs (C(OH)–C–C–N with tert-alkyl or cyclic N) is 1. The van der Waals surface area contributed by atoms with Crippen LogP contribution in [0.4, 0.5) is 0 Å². The van der Waals surface area contributed by atoms with Crippen LogP contribution in [0.15, 0.2) is 17.5 Å². The Morgan fingerprint density at radius 1 is 1.37 bits per heavy atom. The Kier molecular flexibility index (Phi) is 6.26. The second kappa shape index (κ2) is 7.97. The van der Waals surface area contributed by atoms with Crippen molar-refractivity contribution in [1.29, 1.82) is 0 Å². The highest BCUT2D eigenvalue weighted by Gasteiger charge is 2.15. The van der Waals surface area contributed by atoms with Crippen LogP contribution >= 0.6 is 11.3 Å². The predicted molar refractivity (Wildman–Crippen MR) is 78.5 cm³/mol. The van der Waals surface area contributed by atoms with Gasteiger partial charge in [-0.1, -0.05) is 6.07 Å². The molecular formula is C14H24N2O2S. The first-order chi connectivity index (χ1) is 9.24. The fraction of sp³-hybridized carbons (Fsp3) is 0.714. The summed E-state index contributed by atoms with van der Waals surface area (Å²) in [7, 11) is 2.16. The maximum Gasteiger partial charge on any atom is 0.0900 e. The van der Waals surface area contributed by atoms with Gasteiger partial charge in [-0.15, -0.1) is 11.3 Å². The molecule has 2 heterocycles. The van der Waals surface area contributed by atoms with Crippen LogP contribution in [0.1, 0.15) is 11.3 Å². The van der Waals surface area contributed by atoms with Gasteiger partial charge >= 0.3 is 0 Å². The molecule has 0 spiro atoms. The fourth-order valence-corrected chi connectivity index (χ4v) is 2.96. The van der Waals surface area contributed by atoms with E-state index < -0.39 is 0 Å². The van der Waals surface area contributed by atoms with Gasteiger partial charge in [-0.2, -0.15) is 0 Å². The van der Waals surface area contributed by atoms with Gasteiger partial charge in [-0.25, -0.2) is 0 Å². The van der Waals surface area contributed by atoms with E-state index >= 15 is 0 Å². The molecule has 0 amide bonds. The van der Waals surface area contributed by atoms with E-state index in [4.69, 9.17) is 4.74 Å². The third-order valence-corrected chi connectivity index (χ3v) is 4.27. The molecule has 4 nitrogen and oxygen atoms in total. The molecule has 1 aliphatic rings. The first kappa shape index (κ1) is 14.9. The van der Waals surface area contributed by atoms with Gasteiger partial charge in [0.1, 0.15) is 0 Å². The van der Waals surface area contributed by atoms with Crippen LogP contribution in [0.5, 0.6) is 0 Å². The minimum Gasteiger partial charge on any atom is -0.389 e. The summed E-state index contributed by atoms with van der Waals surface area (Å²) >= 11 is 1.69. The lowest BCUT2D eigenvalue weighted by atomic mass is 10.3. The van der Waals surface area contributed by atoms with Gasteiger partial charge in [-0.05, 0) is 38.0 Å². The number of likely N-dealkylation sites (N-methyl/N-ethyl adjacent to an activating group) is 1. The van der Waals surface area contributed by atoms with Crippen molar-refractivity contribution in [3.05, 3.63) is 22.4 Å². The van der Waals surface area contributed by atoms with E-state index in [1.165, 1.54) is 11.3 Å². The number of thiophene rings is 1. The van der Waals surface area contributed by atoms with Crippen molar-refractivity contribution in [2.75, 3.05) is 46.4 Å². The van der Waals surface area contributed by atoms with Crippen molar-refractivity contribution in [1.82, 2.24) is 9.80 Å². The van der Waals surface area contributed by atoms with Crippen molar-refractivity contribution < 1.29 is 9.84 Å². The number of rotatable bonds is 6. The van der Waals surface area contributed by atoms with Gasteiger partial charge in [0.15, 0.2) is 0 Å². The highest BCUT2D eigenvalue weighted by atomic mass is 32.1. The van der Waals surface area contributed by atoms with E-state index in [0.717, 1.165) is 32.7 Å². The molecule has 1 fully saturated rings. The fourth-order valence-electron chi connectivity index (χ4n) is 2.32. The molecule has 0 bridgehead atoms. The van der Waals surface area contributed by atoms with E-state index in [2.05, 4.69) is 22.9 Å². The average Bonchev–Trinajstić information content (AvgIpc) is 2.81. The number of hydrogen-bond donors (Lipinski definition) is 1. The summed E-state index contributed by atoms with van der Waals surface area (Å²) in [5.74, 6) is 0. The number of aliphatic hydroxyl groups is 1. The zero-order valence-electron chi connectivity index (χ0n) is 11.6. The van der Waals surface area contributed by atoms with Gasteiger partial charge in [0.05, 0.1) is 19.3 Å². The zero-order chi connectivity index (χ0) is 13.5. The van der Waals surface area contributed by atoms with Crippen LogP contribution in [0.2, 0.25) is 0 Å². The second-order valence-electron chi connectivity index (χ2n) is 5.21. The lowest BCUT2D eigenvalue weighted by molar-refractivity contribution is 0.0114. The van der Waals surface area contributed by atoms with E-state index in [-0.39, 0.29) is 6.10 Å². The first-order valence-electron chi connectivity index (χ1n) is 6.93. The van der Waals surface area contributed by atoms with Gasteiger partial charge in [0, 0.05) is 24.5 Å². The Balaban J connectivity index is 1.62. The topological polar surface area (TPSA) is 35.9 Å². The summed E-state index contributed by atoms with van der Waals surface area (Å²) in [4.78, 5) is 5.89. The van der Waals surface area contributed by atoms with Gasteiger partial charge in [0.2, 0.25) is 0 Å². The molecule has 0 saturated carbocycles. The molecule has 108 valence electrons. The summed E-state index contributed by atoms with van der Waals surface area (Å²) < 4.78 is 5.56. The third-order valence-electron chi connectivity index (χ3n) is 3.42. The monoisotopic (exact) mass is 284 g/mol. The standard InChI is InChI=1S/C14H24N2O2S/c1-15-5-3-6-16(8-7-15)10-13(17)11-18-12-14-4-2-9-19-14/h2,4,9,13,17H,3,5-8,10-12H2,1H3/t13-/m1/s1. The average molecular weight is 284 g/mol. The summed E-state index contributed by atoms with van der Waals surface area (Å²) in [6.45, 7) is 6.11. The smallest absolute Gasteiger partial charge is 0.0900 e. The molecule has 1 aromatic heterocycles. The Labute approximate surface area is 119 Å². The van der Waals surface area contributed by atoms with Crippen LogP contribution in [0, 0.1) is 0 Å². The molecule has 1 aliphatic heterocycles. The Hall–Kier alpha value is -0.460. The largest absolute Gasteiger partial charge is 0.389 e. The summed E-state index contributed by atoms with van der Waals surface area (Å²) in [5, 5.41) is 12.1. The quantitative estimate of drug-likeness (QED) is 0.853. The van der Waals surface area contributed by atoms with Crippen molar-refractivity contribution in [2.24, 2.45) is 0 Å². The number of ether oxygens (including phenoxy) is 1. The predicted octanol–water partition coefficient (Wildman–Crippen LogP) is 1.26. The Morgan fingerprint density at radius 2 is 2.26 bits per heavy atom. The zero-order valence-corrected chi connectivity index (χ0v) is 12.4. The second-order valence-corrected chi connectivity index (χ2v) is 6.24. The lowest BCUT2D eigenvalue weighted by Crippen LogP contribution is -2.37. The lowest BCUT2D eigenvalue weighted by Gasteiger charge is -2.23. The van der Waals surface area contributed by atoms with E-state index in [0.29, 0.717) is 13.2 Å².